The summed E-state index contributed by atoms with van der Waals surface area (Å²) in [5, 5.41) is 2.92. The van der Waals surface area contributed by atoms with Crippen LogP contribution in [0.5, 0.6) is 0 Å². The minimum atomic E-state index is 0. The summed E-state index contributed by atoms with van der Waals surface area (Å²) in [6.07, 6.45) is 3.04. The minimum absolute atomic E-state index is 0. The molecule has 0 spiro atoms. The van der Waals surface area contributed by atoms with Crippen molar-refractivity contribution < 1.29 is 4.79 Å². The van der Waals surface area contributed by atoms with Crippen molar-refractivity contribution in [1.29, 1.82) is 0 Å². The Morgan fingerprint density at radius 1 is 1.25 bits per heavy atom. The van der Waals surface area contributed by atoms with Crippen molar-refractivity contribution in [2.45, 2.75) is 19.4 Å². The number of carbonyl (C=O) groups is 1. The van der Waals surface area contributed by atoms with Crippen LogP contribution >= 0.6 is 37.2 Å². The van der Waals surface area contributed by atoms with Crippen LogP contribution in [0.4, 0.5) is 5.82 Å². The first-order valence-corrected chi connectivity index (χ1v) is 7.54. The van der Waals surface area contributed by atoms with Gasteiger partial charge in [-0.05, 0) is 37.7 Å². The molecule has 0 aliphatic carbocycles. The monoisotopic (exact) mass is 399 g/mol. The first kappa shape index (κ1) is 25.5. The Balaban J connectivity index is 0. The zero-order valence-electron chi connectivity index (χ0n) is 13.9. The molecular weight excluding hydrogens is 373 g/mol. The quantitative estimate of drug-likeness (QED) is 0.756. The number of halogens is 3. The Morgan fingerprint density at radius 2 is 1.92 bits per heavy atom. The van der Waals surface area contributed by atoms with Crippen LogP contribution in [0.3, 0.4) is 0 Å². The number of hydrogen-bond donors (Lipinski definition) is 2. The van der Waals surface area contributed by atoms with Gasteiger partial charge in [-0.15, -0.1) is 37.2 Å². The summed E-state index contributed by atoms with van der Waals surface area (Å²) in [4.78, 5) is 20.7. The first-order chi connectivity index (χ1) is 10.2. The van der Waals surface area contributed by atoms with Crippen molar-refractivity contribution in [1.82, 2.24) is 15.2 Å². The van der Waals surface area contributed by atoms with Gasteiger partial charge >= 0.3 is 0 Å². The topological polar surface area (TPSA) is 74.5 Å². The maximum Gasteiger partial charge on any atom is 0.220 e. The van der Waals surface area contributed by atoms with Crippen molar-refractivity contribution in [3.05, 3.63) is 23.9 Å². The van der Waals surface area contributed by atoms with E-state index in [2.05, 4.69) is 33.2 Å². The fraction of sp³-hybridized carbons (Fsp3) is 0.600. The Labute approximate surface area is 162 Å². The standard InChI is InChI=1S/C15H25N5O.3ClH/c1-19-7-9-20(10-8-19)14-11-13(4-6-17-14)12-18-15(21)3-2-5-16;;;/h4,6,11H,2-3,5,7-10,12,16H2,1H3,(H,18,21);3*1H. The largest absolute Gasteiger partial charge is 0.354 e. The Morgan fingerprint density at radius 3 is 2.54 bits per heavy atom. The van der Waals surface area contributed by atoms with E-state index in [1.165, 1.54) is 0 Å². The molecule has 0 aromatic carbocycles. The van der Waals surface area contributed by atoms with E-state index in [0.29, 0.717) is 19.5 Å². The maximum absolute atomic E-state index is 11.6. The summed E-state index contributed by atoms with van der Waals surface area (Å²) in [7, 11) is 2.14. The van der Waals surface area contributed by atoms with E-state index in [-0.39, 0.29) is 43.1 Å². The molecule has 0 bridgehead atoms. The molecule has 140 valence electrons. The van der Waals surface area contributed by atoms with Crippen molar-refractivity contribution in [2.75, 3.05) is 44.7 Å². The fourth-order valence-corrected chi connectivity index (χ4v) is 2.33. The van der Waals surface area contributed by atoms with Crippen molar-refractivity contribution in [2.24, 2.45) is 5.73 Å². The lowest BCUT2D eigenvalue weighted by Gasteiger charge is -2.33. The lowest BCUT2D eigenvalue weighted by atomic mass is 10.2. The molecule has 1 amide bonds. The van der Waals surface area contributed by atoms with Crippen LogP contribution in [-0.4, -0.2) is 55.6 Å². The second-order valence-corrected chi connectivity index (χ2v) is 5.48. The highest BCUT2D eigenvalue weighted by atomic mass is 35.5. The zero-order valence-corrected chi connectivity index (χ0v) is 16.4. The number of rotatable bonds is 6. The molecule has 0 atom stereocenters. The SMILES string of the molecule is CN1CCN(c2cc(CNC(=O)CCCN)ccn2)CC1.Cl.Cl.Cl. The number of anilines is 1. The minimum Gasteiger partial charge on any atom is -0.354 e. The average molecular weight is 401 g/mol. The number of pyridine rings is 1. The number of amides is 1. The summed E-state index contributed by atoms with van der Waals surface area (Å²) < 4.78 is 0. The van der Waals surface area contributed by atoms with Gasteiger partial charge in [0.05, 0.1) is 0 Å². The molecule has 1 aromatic heterocycles. The van der Waals surface area contributed by atoms with Crippen LogP contribution < -0.4 is 16.0 Å². The highest BCUT2D eigenvalue weighted by molar-refractivity contribution is 5.86. The van der Waals surface area contributed by atoms with Crippen molar-refractivity contribution in [3.63, 3.8) is 0 Å². The van der Waals surface area contributed by atoms with Crippen LogP contribution in [0.25, 0.3) is 0 Å². The molecule has 1 aliphatic rings. The molecule has 9 heteroatoms. The zero-order chi connectivity index (χ0) is 15.1. The van der Waals surface area contributed by atoms with Gasteiger partial charge in [-0.3, -0.25) is 4.79 Å². The second kappa shape index (κ2) is 13.5. The van der Waals surface area contributed by atoms with Crippen molar-refractivity contribution in [3.8, 4) is 0 Å². The number of likely N-dealkylation sites (N-methyl/N-ethyl adjacent to an activating group) is 1. The molecule has 6 nitrogen and oxygen atoms in total. The fourth-order valence-electron chi connectivity index (χ4n) is 2.33. The first-order valence-electron chi connectivity index (χ1n) is 7.54. The number of carbonyl (C=O) groups excluding carboxylic acids is 1. The normalized spacial score (nSPS) is 14.0. The predicted octanol–water partition coefficient (Wildman–Crippen LogP) is 1.45. The smallest absolute Gasteiger partial charge is 0.220 e. The van der Waals surface area contributed by atoms with Gasteiger partial charge in [-0.2, -0.15) is 0 Å². The molecule has 0 saturated carbocycles. The van der Waals surface area contributed by atoms with Crippen LogP contribution in [0.2, 0.25) is 0 Å². The molecule has 0 radical (unpaired) electrons. The lowest BCUT2D eigenvalue weighted by Crippen LogP contribution is -2.44. The number of aromatic nitrogens is 1. The Kier molecular flexibility index (Phi) is 14.3. The third kappa shape index (κ3) is 8.35. The molecule has 0 unspecified atom stereocenters. The van der Waals surface area contributed by atoms with Crippen LogP contribution in [0, 0.1) is 0 Å². The van der Waals surface area contributed by atoms with E-state index >= 15 is 0 Å². The van der Waals surface area contributed by atoms with Gasteiger partial charge in [0.15, 0.2) is 0 Å². The second-order valence-electron chi connectivity index (χ2n) is 5.48. The van der Waals surface area contributed by atoms with Gasteiger partial charge in [-0.25, -0.2) is 4.98 Å². The predicted molar refractivity (Wildman–Crippen MR) is 106 cm³/mol. The highest BCUT2D eigenvalue weighted by Gasteiger charge is 2.15. The van der Waals surface area contributed by atoms with Gasteiger partial charge in [-0.1, -0.05) is 0 Å². The molecule has 1 aliphatic heterocycles. The van der Waals surface area contributed by atoms with E-state index in [1.807, 2.05) is 12.3 Å². The van der Waals surface area contributed by atoms with Gasteiger partial charge in [0.1, 0.15) is 5.82 Å². The third-order valence-electron chi connectivity index (χ3n) is 3.73. The van der Waals surface area contributed by atoms with Gasteiger partial charge < -0.3 is 20.9 Å². The van der Waals surface area contributed by atoms with Crippen molar-refractivity contribution >= 4 is 48.9 Å². The molecular formula is C15H28Cl3N5O. The molecule has 2 heterocycles. The summed E-state index contributed by atoms with van der Waals surface area (Å²) in [6, 6.07) is 4.01. The summed E-state index contributed by atoms with van der Waals surface area (Å²) in [6.45, 7) is 5.21. The number of piperazine rings is 1. The molecule has 2 rings (SSSR count). The van der Waals surface area contributed by atoms with Crippen LogP contribution in [0.1, 0.15) is 18.4 Å². The van der Waals surface area contributed by atoms with Crippen LogP contribution in [0.15, 0.2) is 18.3 Å². The van der Waals surface area contributed by atoms with E-state index < -0.39 is 0 Å². The van der Waals surface area contributed by atoms with E-state index in [9.17, 15) is 4.79 Å². The molecule has 1 fully saturated rings. The lowest BCUT2D eigenvalue weighted by molar-refractivity contribution is -0.121. The Hall–Kier alpha value is -0.790. The Bertz CT molecular complexity index is 470. The van der Waals surface area contributed by atoms with E-state index in [4.69, 9.17) is 5.73 Å². The van der Waals surface area contributed by atoms with Crippen LogP contribution in [-0.2, 0) is 11.3 Å². The highest BCUT2D eigenvalue weighted by Crippen LogP contribution is 2.14. The van der Waals surface area contributed by atoms with Gasteiger partial charge in [0.2, 0.25) is 5.91 Å². The van der Waals surface area contributed by atoms with Gasteiger partial charge in [0, 0.05) is 45.3 Å². The summed E-state index contributed by atoms with van der Waals surface area (Å²) in [5.74, 6) is 1.05. The maximum atomic E-state index is 11.6. The molecule has 1 saturated heterocycles. The molecule has 3 N–H and O–H groups in total. The number of nitrogens with one attached hydrogen (secondary N) is 1. The molecule has 24 heavy (non-hydrogen) atoms. The average Bonchev–Trinajstić information content (AvgIpc) is 2.52. The van der Waals surface area contributed by atoms with Gasteiger partial charge in [0.25, 0.3) is 0 Å². The third-order valence-corrected chi connectivity index (χ3v) is 3.73. The molecule has 1 aromatic rings. The number of hydrogen-bond acceptors (Lipinski definition) is 5. The van der Waals surface area contributed by atoms with E-state index in [0.717, 1.165) is 44.0 Å². The summed E-state index contributed by atoms with van der Waals surface area (Å²) >= 11 is 0. The number of nitrogens with two attached hydrogens (primary N) is 1. The number of nitrogens with zero attached hydrogens (tertiary/aromatic N) is 3. The van der Waals surface area contributed by atoms with E-state index in [1.54, 1.807) is 0 Å². The summed E-state index contributed by atoms with van der Waals surface area (Å²) in [5.41, 5.74) is 6.48.